The Labute approximate surface area is 230 Å². The maximum absolute atomic E-state index is 12.6. The third-order valence-corrected chi connectivity index (χ3v) is 8.06. The average molecular weight is 576 g/mol. The largest absolute Gasteiger partial charge is 0.465 e. The van der Waals surface area contributed by atoms with Crippen molar-refractivity contribution in [3.8, 4) is 5.69 Å². The summed E-state index contributed by atoms with van der Waals surface area (Å²) in [5.74, 6) is -0.369. The maximum Gasteiger partial charge on any atom is 0.339 e. The van der Waals surface area contributed by atoms with Crippen molar-refractivity contribution in [2.24, 2.45) is 0 Å². The van der Waals surface area contributed by atoms with Crippen molar-refractivity contribution in [1.29, 1.82) is 0 Å². The van der Waals surface area contributed by atoms with Gasteiger partial charge in [0.25, 0.3) is 0 Å². The number of nitrogens with zero attached hydrogens (tertiary/aromatic N) is 3. The van der Waals surface area contributed by atoms with Gasteiger partial charge in [0, 0.05) is 27.7 Å². The van der Waals surface area contributed by atoms with Gasteiger partial charge in [-0.15, -0.1) is 0 Å². The number of methoxy groups -OCH3 is 1. The second kappa shape index (κ2) is 10.1. The van der Waals surface area contributed by atoms with Crippen LogP contribution >= 0.6 is 28.1 Å². The minimum atomic E-state index is -0.369. The molecule has 1 aliphatic heterocycles. The first-order chi connectivity index (χ1) is 17.8. The molecule has 8 heteroatoms. The van der Waals surface area contributed by atoms with Crippen molar-refractivity contribution in [2.75, 3.05) is 12.0 Å². The van der Waals surface area contributed by atoms with Crippen LogP contribution in [0, 0.1) is 20.8 Å². The second-order valence-corrected chi connectivity index (χ2v) is 10.3. The lowest BCUT2D eigenvalue weighted by Crippen LogP contribution is -2.29. The van der Waals surface area contributed by atoms with Crippen molar-refractivity contribution in [2.45, 2.75) is 32.9 Å². The molecule has 4 aromatic rings. The number of ether oxygens (including phenoxy) is 1. The SMILES string of the molecule is COC(=O)c1ccccc1-n1c(C)cc([C@H]2[C@@H](c3ccccn3)NC(=S)N2c2ccc(Br)c(C)c2)c1C. The van der Waals surface area contributed by atoms with Crippen molar-refractivity contribution in [1.82, 2.24) is 14.9 Å². The fourth-order valence-electron chi connectivity index (χ4n) is 5.14. The zero-order chi connectivity index (χ0) is 26.3. The molecule has 0 amide bonds. The predicted octanol–water partition coefficient (Wildman–Crippen LogP) is 6.52. The van der Waals surface area contributed by atoms with Crippen molar-refractivity contribution >= 4 is 44.9 Å². The van der Waals surface area contributed by atoms with Crippen LogP contribution in [-0.2, 0) is 4.74 Å². The van der Waals surface area contributed by atoms with Gasteiger partial charge in [0.2, 0.25) is 0 Å². The number of hydrogen-bond donors (Lipinski definition) is 1. The van der Waals surface area contributed by atoms with E-state index < -0.39 is 0 Å². The van der Waals surface area contributed by atoms with E-state index in [9.17, 15) is 4.79 Å². The molecule has 6 nitrogen and oxygen atoms in total. The van der Waals surface area contributed by atoms with E-state index in [1.54, 1.807) is 12.3 Å². The summed E-state index contributed by atoms with van der Waals surface area (Å²) >= 11 is 9.53. The summed E-state index contributed by atoms with van der Waals surface area (Å²) in [6, 6.07) is 21.6. The van der Waals surface area contributed by atoms with Gasteiger partial charge < -0.3 is 19.5 Å². The zero-order valence-electron chi connectivity index (χ0n) is 21.0. The number of nitrogens with one attached hydrogen (secondary N) is 1. The summed E-state index contributed by atoms with van der Waals surface area (Å²) in [4.78, 5) is 19.4. The lowest BCUT2D eigenvalue weighted by molar-refractivity contribution is 0.0600. The monoisotopic (exact) mass is 574 g/mol. The highest BCUT2D eigenvalue weighted by atomic mass is 79.9. The number of para-hydroxylation sites is 1. The zero-order valence-corrected chi connectivity index (χ0v) is 23.4. The summed E-state index contributed by atoms with van der Waals surface area (Å²) in [5, 5.41) is 4.18. The first-order valence-electron chi connectivity index (χ1n) is 11.9. The van der Waals surface area contributed by atoms with Crippen LogP contribution in [0.1, 0.15) is 50.7 Å². The van der Waals surface area contributed by atoms with E-state index in [1.165, 1.54) is 7.11 Å². The van der Waals surface area contributed by atoms with Crippen LogP contribution in [0.15, 0.2) is 77.4 Å². The minimum Gasteiger partial charge on any atom is -0.465 e. The Morgan fingerprint density at radius 1 is 1.05 bits per heavy atom. The van der Waals surface area contributed by atoms with Gasteiger partial charge in [0.1, 0.15) is 0 Å². The molecular formula is C29H27BrN4O2S. The number of carbonyl (C=O) groups is 1. The molecule has 0 bridgehead atoms. The number of esters is 1. The van der Waals surface area contributed by atoms with Gasteiger partial charge in [0.15, 0.2) is 5.11 Å². The van der Waals surface area contributed by atoms with E-state index in [-0.39, 0.29) is 18.1 Å². The molecule has 1 aliphatic rings. The number of carbonyl (C=O) groups excluding carboxylic acids is 1. The molecule has 0 radical (unpaired) electrons. The van der Waals surface area contributed by atoms with E-state index in [0.717, 1.165) is 44.1 Å². The minimum absolute atomic E-state index is 0.159. The third kappa shape index (κ3) is 4.45. The van der Waals surface area contributed by atoms with Crippen LogP contribution in [0.2, 0.25) is 0 Å². The van der Waals surface area contributed by atoms with Gasteiger partial charge in [0.05, 0.1) is 36.1 Å². The van der Waals surface area contributed by atoms with Gasteiger partial charge in [-0.25, -0.2) is 4.79 Å². The molecule has 0 unspecified atom stereocenters. The first kappa shape index (κ1) is 25.2. The number of aryl methyl sites for hydroxylation is 2. The molecule has 2 aromatic heterocycles. The number of aromatic nitrogens is 2. The summed E-state index contributed by atoms with van der Waals surface area (Å²) < 4.78 is 8.23. The Bertz CT molecular complexity index is 1500. The smallest absolute Gasteiger partial charge is 0.339 e. The Morgan fingerprint density at radius 3 is 2.51 bits per heavy atom. The summed E-state index contributed by atoms with van der Waals surface area (Å²) in [6.45, 7) is 6.20. The molecule has 5 rings (SSSR count). The molecule has 3 heterocycles. The summed E-state index contributed by atoms with van der Waals surface area (Å²) in [5.41, 5.74) is 7.45. The summed E-state index contributed by atoms with van der Waals surface area (Å²) in [7, 11) is 1.40. The van der Waals surface area contributed by atoms with Gasteiger partial charge in [-0.05, 0) is 92.6 Å². The number of hydrogen-bond acceptors (Lipinski definition) is 4. The topological polar surface area (TPSA) is 59.4 Å². The molecule has 0 aliphatic carbocycles. The van der Waals surface area contributed by atoms with E-state index in [2.05, 4.69) is 74.7 Å². The lowest BCUT2D eigenvalue weighted by atomic mass is 9.96. The van der Waals surface area contributed by atoms with Crippen LogP contribution in [0.5, 0.6) is 0 Å². The van der Waals surface area contributed by atoms with Gasteiger partial charge in [-0.1, -0.05) is 34.1 Å². The van der Waals surface area contributed by atoms with Crippen molar-refractivity contribution in [3.05, 3.63) is 111 Å². The van der Waals surface area contributed by atoms with E-state index >= 15 is 0 Å². The molecule has 2 atom stereocenters. The molecule has 1 N–H and O–H groups in total. The molecular weight excluding hydrogens is 548 g/mol. The highest BCUT2D eigenvalue weighted by molar-refractivity contribution is 9.10. The van der Waals surface area contributed by atoms with E-state index in [4.69, 9.17) is 17.0 Å². The lowest BCUT2D eigenvalue weighted by Gasteiger charge is -2.28. The first-order valence-corrected chi connectivity index (χ1v) is 13.1. The van der Waals surface area contributed by atoms with Gasteiger partial charge in [-0.3, -0.25) is 4.98 Å². The fourth-order valence-corrected chi connectivity index (χ4v) is 5.73. The van der Waals surface area contributed by atoms with Crippen molar-refractivity contribution in [3.63, 3.8) is 0 Å². The number of rotatable bonds is 5. The summed E-state index contributed by atoms with van der Waals surface area (Å²) in [6.07, 6.45) is 1.81. The quantitative estimate of drug-likeness (QED) is 0.216. The number of benzene rings is 2. The van der Waals surface area contributed by atoms with Gasteiger partial charge in [-0.2, -0.15) is 0 Å². The van der Waals surface area contributed by atoms with E-state index in [1.807, 2.05) is 42.5 Å². The number of pyridine rings is 1. The molecule has 0 saturated carbocycles. The van der Waals surface area contributed by atoms with Crippen LogP contribution in [0.25, 0.3) is 5.69 Å². The second-order valence-electron chi connectivity index (χ2n) is 9.10. The highest BCUT2D eigenvalue weighted by Crippen LogP contribution is 2.44. The molecule has 2 aromatic carbocycles. The molecule has 188 valence electrons. The van der Waals surface area contributed by atoms with Crippen molar-refractivity contribution < 1.29 is 9.53 Å². The number of thiocarbonyl (C=S) groups is 1. The van der Waals surface area contributed by atoms with Crippen LogP contribution in [0.3, 0.4) is 0 Å². The predicted molar refractivity (Wildman–Crippen MR) is 153 cm³/mol. The normalized spacial score (nSPS) is 17.1. The molecule has 37 heavy (non-hydrogen) atoms. The Kier molecular flexibility index (Phi) is 6.88. The Morgan fingerprint density at radius 2 is 1.81 bits per heavy atom. The Hall–Kier alpha value is -3.49. The Balaban J connectivity index is 1.70. The molecule has 1 fully saturated rings. The number of anilines is 1. The highest BCUT2D eigenvalue weighted by Gasteiger charge is 2.42. The fraction of sp³-hybridized carbons (Fsp3) is 0.207. The third-order valence-electron chi connectivity index (χ3n) is 6.86. The molecule has 1 saturated heterocycles. The molecule has 0 spiro atoms. The van der Waals surface area contributed by atoms with Crippen LogP contribution in [-0.4, -0.2) is 27.7 Å². The maximum atomic E-state index is 12.6. The van der Waals surface area contributed by atoms with Crippen LogP contribution < -0.4 is 10.2 Å². The average Bonchev–Trinajstić information content (AvgIpc) is 3.40. The van der Waals surface area contributed by atoms with E-state index in [0.29, 0.717) is 10.7 Å². The van der Waals surface area contributed by atoms with Gasteiger partial charge >= 0.3 is 5.97 Å². The number of halogens is 1. The van der Waals surface area contributed by atoms with Crippen LogP contribution in [0.4, 0.5) is 5.69 Å². The standard InChI is InChI=1S/C29H27BrN4O2S/c1-17-15-20(12-13-23(17)30)34-27(26(32-29(34)37)24-10-7-8-14-31-24)22-16-18(2)33(19(22)3)25-11-6-5-9-21(25)28(35)36-4/h5-16,26-27H,1-4H3,(H,32,37)/t26-,27+/m1/s1.